The summed E-state index contributed by atoms with van der Waals surface area (Å²) in [5, 5.41) is 3.32. The van der Waals surface area contributed by atoms with Crippen LogP contribution >= 0.6 is 11.8 Å². The van der Waals surface area contributed by atoms with Gasteiger partial charge in [-0.1, -0.05) is 0 Å². The summed E-state index contributed by atoms with van der Waals surface area (Å²) in [4.78, 5) is 0. The van der Waals surface area contributed by atoms with E-state index in [1.807, 2.05) is 30.8 Å². The van der Waals surface area contributed by atoms with Gasteiger partial charge in [0.15, 0.2) is 0 Å². The molecule has 0 aliphatic heterocycles. The number of hydrogen-bond acceptors (Lipinski definition) is 4. The average molecular weight is 229 g/mol. The van der Waals surface area contributed by atoms with E-state index in [1.165, 1.54) is 0 Å². The lowest BCUT2D eigenvalue weighted by molar-refractivity contribution is 0.150. The molecule has 1 heterocycles. The maximum atomic E-state index is 5.23. The molecule has 1 aromatic rings. The third kappa shape index (κ3) is 6.60. The Balaban J connectivity index is 1.81. The molecule has 0 saturated carbocycles. The normalized spacial score (nSPS) is 10.7. The van der Waals surface area contributed by atoms with Crippen molar-refractivity contribution in [3.63, 3.8) is 0 Å². The fourth-order valence-corrected chi connectivity index (χ4v) is 1.92. The molecule has 0 amide bonds. The van der Waals surface area contributed by atoms with Crippen LogP contribution in [-0.4, -0.2) is 32.1 Å². The van der Waals surface area contributed by atoms with E-state index in [0.717, 1.165) is 43.6 Å². The van der Waals surface area contributed by atoms with Gasteiger partial charge in [0.05, 0.1) is 18.6 Å². The van der Waals surface area contributed by atoms with Crippen molar-refractivity contribution in [2.45, 2.75) is 12.7 Å². The molecule has 0 radical (unpaired) electrons. The first-order valence-electron chi connectivity index (χ1n) is 5.32. The van der Waals surface area contributed by atoms with Crippen molar-refractivity contribution in [3.05, 3.63) is 24.2 Å². The van der Waals surface area contributed by atoms with Gasteiger partial charge in [-0.15, -0.1) is 0 Å². The van der Waals surface area contributed by atoms with Crippen LogP contribution in [0.5, 0.6) is 0 Å². The summed E-state index contributed by atoms with van der Waals surface area (Å²) in [6.07, 6.45) is 1.72. The lowest BCUT2D eigenvalue weighted by atomic mass is 10.5. The first kappa shape index (κ1) is 12.6. The highest BCUT2D eigenvalue weighted by Gasteiger charge is 1.95. The standard InChI is InChI=1S/C11H19NO2S/c1-2-13-8-5-12-6-9-15-10-11-4-3-7-14-11/h3-4,7,12H,2,5-6,8-10H2,1H3. The summed E-state index contributed by atoms with van der Waals surface area (Å²) in [5.41, 5.74) is 0. The lowest BCUT2D eigenvalue weighted by Gasteiger charge is -2.03. The molecule has 1 N–H and O–H groups in total. The molecule has 3 nitrogen and oxygen atoms in total. The van der Waals surface area contributed by atoms with E-state index in [0.29, 0.717) is 0 Å². The van der Waals surface area contributed by atoms with Crippen LogP contribution in [0.4, 0.5) is 0 Å². The zero-order chi connectivity index (χ0) is 10.8. The second kappa shape index (κ2) is 8.83. The molecule has 0 bridgehead atoms. The highest BCUT2D eigenvalue weighted by Crippen LogP contribution is 2.11. The topological polar surface area (TPSA) is 34.4 Å². The van der Waals surface area contributed by atoms with Crippen LogP contribution in [0.15, 0.2) is 22.8 Å². The Morgan fingerprint density at radius 2 is 2.40 bits per heavy atom. The first-order chi connectivity index (χ1) is 7.43. The molecule has 0 aromatic carbocycles. The van der Waals surface area contributed by atoms with Gasteiger partial charge in [-0.25, -0.2) is 0 Å². The second-order valence-electron chi connectivity index (χ2n) is 3.08. The van der Waals surface area contributed by atoms with Crippen molar-refractivity contribution < 1.29 is 9.15 Å². The number of nitrogens with one attached hydrogen (secondary N) is 1. The summed E-state index contributed by atoms with van der Waals surface area (Å²) in [5.74, 6) is 3.11. The van der Waals surface area contributed by atoms with E-state index in [1.54, 1.807) is 6.26 Å². The lowest BCUT2D eigenvalue weighted by Crippen LogP contribution is -2.22. The van der Waals surface area contributed by atoms with Crippen LogP contribution in [0, 0.1) is 0 Å². The molecule has 0 aliphatic carbocycles. The van der Waals surface area contributed by atoms with Crippen LogP contribution < -0.4 is 5.32 Å². The Bertz CT molecular complexity index is 227. The van der Waals surface area contributed by atoms with Gasteiger partial charge in [0.2, 0.25) is 0 Å². The van der Waals surface area contributed by atoms with Crippen molar-refractivity contribution in [1.82, 2.24) is 5.32 Å². The van der Waals surface area contributed by atoms with Crippen LogP contribution in [-0.2, 0) is 10.5 Å². The van der Waals surface area contributed by atoms with Gasteiger partial charge in [-0.2, -0.15) is 11.8 Å². The maximum Gasteiger partial charge on any atom is 0.113 e. The van der Waals surface area contributed by atoms with Crippen LogP contribution in [0.1, 0.15) is 12.7 Å². The minimum atomic E-state index is 0.801. The minimum absolute atomic E-state index is 0.801. The number of furan rings is 1. The molecule has 4 heteroatoms. The van der Waals surface area contributed by atoms with Crippen molar-refractivity contribution in [3.8, 4) is 0 Å². The monoisotopic (exact) mass is 229 g/mol. The van der Waals surface area contributed by atoms with Gasteiger partial charge >= 0.3 is 0 Å². The molecule has 0 unspecified atom stereocenters. The van der Waals surface area contributed by atoms with Crippen LogP contribution in [0.3, 0.4) is 0 Å². The molecular formula is C11H19NO2S. The highest BCUT2D eigenvalue weighted by molar-refractivity contribution is 7.98. The zero-order valence-corrected chi connectivity index (χ0v) is 10.0. The van der Waals surface area contributed by atoms with Gasteiger partial charge < -0.3 is 14.5 Å². The molecule has 1 rings (SSSR count). The first-order valence-corrected chi connectivity index (χ1v) is 6.47. The summed E-state index contributed by atoms with van der Waals surface area (Å²) < 4.78 is 10.4. The summed E-state index contributed by atoms with van der Waals surface area (Å²) in [6, 6.07) is 3.94. The Labute approximate surface area is 95.6 Å². The summed E-state index contributed by atoms with van der Waals surface area (Å²) >= 11 is 1.88. The number of hydrogen-bond donors (Lipinski definition) is 1. The van der Waals surface area contributed by atoms with E-state index < -0.39 is 0 Å². The Hall–Kier alpha value is -0.450. The highest BCUT2D eigenvalue weighted by atomic mass is 32.2. The van der Waals surface area contributed by atoms with Gasteiger partial charge in [-0.3, -0.25) is 0 Å². The molecule has 86 valence electrons. The van der Waals surface area contributed by atoms with Crippen LogP contribution in [0.2, 0.25) is 0 Å². The Morgan fingerprint density at radius 3 is 3.13 bits per heavy atom. The fraction of sp³-hybridized carbons (Fsp3) is 0.636. The van der Waals surface area contributed by atoms with E-state index in [9.17, 15) is 0 Å². The predicted molar refractivity (Wildman–Crippen MR) is 64.2 cm³/mol. The molecule has 0 aliphatic rings. The zero-order valence-electron chi connectivity index (χ0n) is 9.20. The molecule has 0 spiro atoms. The molecule has 1 aromatic heterocycles. The Kier molecular flexibility index (Phi) is 7.42. The SMILES string of the molecule is CCOCCNCCSCc1ccco1. The fourth-order valence-electron chi connectivity index (χ4n) is 1.13. The predicted octanol–water partition coefficient (Wildman–Crippen LogP) is 2.14. The molecular weight excluding hydrogens is 210 g/mol. The third-order valence-electron chi connectivity index (χ3n) is 1.87. The summed E-state index contributed by atoms with van der Waals surface area (Å²) in [7, 11) is 0. The molecule has 15 heavy (non-hydrogen) atoms. The quantitative estimate of drug-likeness (QED) is 0.658. The number of rotatable bonds is 9. The van der Waals surface area contributed by atoms with Crippen molar-refractivity contribution in [2.24, 2.45) is 0 Å². The van der Waals surface area contributed by atoms with Crippen molar-refractivity contribution >= 4 is 11.8 Å². The average Bonchev–Trinajstić information content (AvgIpc) is 2.75. The van der Waals surface area contributed by atoms with Gasteiger partial charge in [0, 0.05) is 25.4 Å². The van der Waals surface area contributed by atoms with Gasteiger partial charge in [0.1, 0.15) is 5.76 Å². The van der Waals surface area contributed by atoms with E-state index in [-0.39, 0.29) is 0 Å². The number of thioether (sulfide) groups is 1. The summed E-state index contributed by atoms with van der Waals surface area (Å²) in [6.45, 7) is 5.58. The van der Waals surface area contributed by atoms with Crippen molar-refractivity contribution in [2.75, 3.05) is 32.1 Å². The molecule has 0 fully saturated rings. The minimum Gasteiger partial charge on any atom is -0.468 e. The van der Waals surface area contributed by atoms with Gasteiger partial charge in [0.25, 0.3) is 0 Å². The third-order valence-corrected chi connectivity index (χ3v) is 2.86. The smallest absolute Gasteiger partial charge is 0.113 e. The molecule has 0 atom stereocenters. The van der Waals surface area contributed by atoms with Crippen molar-refractivity contribution in [1.29, 1.82) is 0 Å². The van der Waals surface area contributed by atoms with Gasteiger partial charge in [-0.05, 0) is 19.1 Å². The largest absolute Gasteiger partial charge is 0.468 e. The van der Waals surface area contributed by atoms with E-state index >= 15 is 0 Å². The van der Waals surface area contributed by atoms with Crippen LogP contribution in [0.25, 0.3) is 0 Å². The van der Waals surface area contributed by atoms with E-state index in [4.69, 9.17) is 9.15 Å². The molecule has 0 saturated heterocycles. The second-order valence-corrected chi connectivity index (χ2v) is 4.18. The van der Waals surface area contributed by atoms with E-state index in [2.05, 4.69) is 5.32 Å². The Morgan fingerprint density at radius 1 is 1.47 bits per heavy atom. The number of ether oxygens (including phenoxy) is 1. The maximum absolute atomic E-state index is 5.23.